The van der Waals surface area contributed by atoms with Crippen LogP contribution in [0, 0.1) is 27.7 Å². The van der Waals surface area contributed by atoms with Gasteiger partial charge in [-0.15, -0.1) is 24.8 Å². The summed E-state index contributed by atoms with van der Waals surface area (Å²) < 4.78 is 3.00. The molecule has 66 heavy (non-hydrogen) atoms. The van der Waals surface area contributed by atoms with Crippen molar-refractivity contribution in [3.05, 3.63) is 160 Å². The fourth-order valence-electron chi connectivity index (χ4n) is 12.5. The van der Waals surface area contributed by atoms with Gasteiger partial charge in [0.05, 0.1) is 0 Å². The van der Waals surface area contributed by atoms with E-state index in [-0.39, 0.29) is 35.8 Å². The first-order valence-electron chi connectivity index (χ1n) is 24.7. The van der Waals surface area contributed by atoms with Crippen LogP contribution in [-0.2, 0) is 40.1 Å². The number of benzene rings is 4. The Morgan fingerprint density at radius 3 is 0.667 bits per heavy atom. The molecule has 0 amide bonds. The van der Waals surface area contributed by atoms with Gasteiger partial charge in [-0.2, -0.15) is 0 Å². The van der Waals surface area contributed by atoms with Crippen LogP contribution in [0.25, 0.3) is 24.3 Å². The van der Waals surface area contributed by atoms with Gasteiger partial charge in [-0.3, -0.25) is 0 Å². The molecule has 4 aliphatic carbocycles. The molecule has 0 radical (unpaired) electrons. The van der Waals surface area contributed by atoms with Crippen molar-refractivity contribution in [3.8, 4) is 0 Å². The van der Waals surface area contributed by atoms with E-state index in [1.807, 2.05) is 0 Å². The molecule has 4 unspecified atom stereocenters. The SMILES string of the molecule is CC1=Cc2c(C(C)C)ccc(C)c2[CH]1[Hf]([CH]1C(C)=Cc2c(C(C)C)ccc(C)c21)=[Si](C)C.CC1=Cc2c(C(C)C)ccc(C)c2[CH]1[Hf]([CH]1C(C)=Cc2c(C(C)C)ccc(C)c21)=[Si](C)C.Cl.Cl. The maximum atomic E-state index is 2.65. The maximum Gasteiger partial charge on any atom is -0.147 e. The Bertz CT molecular complexity index is 2400. The normalized spacial score (nSPS) is 18.7. The zero-order chi connectivity index (χ0) is 47.0. The summed E-state index contributed by atoms with van der Waals surface area (Å²) in [4.78, 5) is 0. The Labute approximate surface area is 431 Å². The summed E-state index contributed by atoms with van der Waals surface area (Å²) in [7, 11) is 0. The molecule has 0 aliphatic heterocycles. The third-order valence-corrected chi connectivity index (χ3v) is 71.8. The number of hydrogen-bond acceptors (Lipinski definition) is 0. The van der Waals surface area contributed by atoms with Gasteiger partial charge in [-0.05, 0) is 0 Å². The van der Waals surface area contributed by atoms with E-state index in [1.54, 1.807) is 89.1 Å². The zero-order valence-corrected chi connectivity index (χ0v) is 55.2. The topological polar surface area (TPSA) is 0 Å². The number of fused-ring (bicyclic) bond motifs is 4. The molecule has 0 N–H and O–H groups in total. The number of allylic oxidation sites excluding steroid dienone is 4. The van der Waals surface area contributed by atoms with Crippen LogP contribution in [0.4, 0.5) is 0 Å². The predicted molar refractivity (Wildman–Crippen MR) is 296 cm³/mol. The average Bonchev–Trinajstić information content (AvgIpc) is 3.93. The van der Waals surface area contributed by atoms with Crippen LogP contribution in [0.1, 0.15) is 210 Å². The quantitative estimate of drug-likeness (QED) is 0.154. The second-order valence-electron chi connectivity index (χ2n) is 22.0. The fraction of sp³-hybridized carbons (Fsp3) is 0.467. The van der Waals surface area contributed by atoms with Crippen molar-refractivity contribution in [2.24, 2.45) is 0 Å². The first-order valence-corrected chi connectivity index (χ1v) is 48.8. The number of halogens is 2. The van der Waals surface area contributed by atoms with Gasteiger partial charge in [0, 0.05) is 0 Å². The summed E-state index contributed by atoms with van der Waals surface area (Å²) in [5.74, 6) is 2.33. The summed E-state index contributed by atoms with van der Waals surface area (Å²) in [6.45, 7) is 48.7. The molecule has 8 rings (SSSR count). The average molecular weight is 1290 g/mol. The molecule has 352 valence electrons. The van der Waals surface area contributed by atoms with Crippen molar-refractivity contribution in [2.75, 3.05) is 0 Å². The van der Waals surface area contributed by atoms with E-state index in [0.717, 1.165) is 14.7 Å². The first kappa shape index (κ1) is 55.5. The van der Waals surface area contributed by atoms with Crippen molar-refractivity contribution in [1.82, 2.24) is 0 Å². The van der Waals surface area contributed by atoms with E-state index in [4.69, 9.17) is 0 Å². The monoisotopic (exact) mass is 1290 g/mol. The van der Waals surface area contributed by atoms with Crippen LogP contribution in [0.2, 0.25) is 26.2 Å². The molecular formula is C60H82Cl2Hf2Si2. The third-order valence-electron chi connectivity index (χ3n) is 15.5. The molecule has 0 saturated carbocycles. The van der Waals surface area contributed by atoms with Gasteiger partial charge < -0.3 is 0 Å². The minimum atomic E-state index is -2.19. The van der Waals surface area contributed by atoms with E-state index in [1.165, 1.54) is 22.3 Å². The summed E-state index contributed by atoms with van der Waals surface area (Å²) in [5.41, 5.74) is 31.5. The Morgan fingerprint density at radius 1 is 0.333 bits per heavy atom. The molecular weight excluding hydrogens is 1200 g/mol. The van der Waals surface area contributed by atoms with Gasteiger partial charge in [0.1, 0.15) is 0 Å². The van der Waals surface area contributed by atoms with Crippen LogP contribution >= 0.6 is 24.8 Å². The van der Waals surface area contributed by atoms with Crippen LogP contribution in [0.3, 0.4) is 0 Å². The van der Waals surface area contributed by atoms with Crippen molar-refractivity contribution in [3.63, 3.8) is 0 Å². The summed E-state index contributed by atoms with van der Waals surface area (Å²) >= 11 is -4.38. The third kappa shape index (κ3) is 9.94. The van der Waals surface area contributed by atoms with E-state index in [0.29, 0.717) is 23.7 Å². The smallest absolute Gasteiger partial charge is 0.147 e. The van der Waals surface area contributed by atoms with Gasteiger partial charge in [-0.1, -0.05) is 0 Å². The zero-order valence-electron chi connectivity index (χ0n) is 44.4. The first-order chi connectivity index (χ1) is 30.1. The van der Waals surface area contributed by atoms with Crippen molar-refractivity contribution >= 4 is 60.1 Å². The van der Waals surface area contributed by atoms with Gasteiger partial charge in [0.15, 0.2) is 0 Å². The van der Waals surface area contributed by atoms with Gasteiger partial charge in [0.2, 0.25) is 0 Å². The Hall–Kier alpha value is -1.41. The molecule has 6 heteroatoms. The minimum absolute atomic E-state index is 0. The molecule has 0 aromatic heterocycles. The van der Waals surface area contributed by atoms with E-state index in [9.17, 15) is 0 Å². The van der Waals surface area contributed by atoms with E-state index >= 15 is 0 Å². The molecule has 4 aliphatic rings. The molecule has 0 saturated heterocycles. The summed E-state index contributed by atoms with van der Waals surface area (Å²) in [6, 6.07) is 19.3. The molecule has 0 fully saturated rings. The molecule has 0 spiro atoms. The minimum Gasteiger partial charge on any atom is -0.147 e. The van der Waals surface area contributed by atoms with Crippen LogP contribution in [-0.4, -0.2) is 11.0 Å². The van der Waals surface area contributed by atoms with Crippen molar-refractivity contribution in [1.29, 1.82) is 0 Å². The number of aryl methyl sites for hydroxylation is 4. The molecule has 0 bridgehead atoms. The van der Waals surface area contributed by atoms with E-state index < -0.39 is 40.1 Å². The largest absolute Gasteiger partial charge is 0.147 e. The van der Waals surface area contributed by atoms with Gasteiger partial charge in [0.25, 0.3) is 0 Å². The number of rotatable bonds is 8. The molecule has 4 aromatic carbocycles. The van der Waals surface area contributed by atoms with Crippen LogP contribution in [0.5, 0.6) is 0 Å². The van der Waals surface area contributed by atoms with Gasteiger partial charge >= 0.3 is 411 Å². The second kappa shape index (κ2) is 21.9. The molecule has 0 heterocycles. The van der Waals surface area contributed by atoms with Gasteiger partial charge in [-0.25, -0.2) is 0 Å². The number of hydrogen-bond donors (Lipinski definition) is 0. The van der Waals surface area contributed by atoms with Crippen molar-refractivity contribution in [2.45, 2.75) is 175 Å². The Balaban J connectivity index is 0.000000240. The predicted octanol–water partition coefficient (Wildman–Crippen LogP) is 18.9. The summed E-state index contributed by atoms with van der Waals surface area (Å²) in [6.07, 6.45) is 10.3. The molecule has 4 aromatic rings. The molecule has 0 nitrogen and oxygen atoms in total. The summed E-state index contributed by atoms with van der Waals surface area (Å²) in [5, 5.41) is 0. The van der Waals surface area contributed by atoms with Crippen LogP contribution in [0.15, 0.2) is 70.8 Å². The standard InChI is InChI=1S/4C14H17.2C2H6Si.2ClH.2Hf/c4*1-9(2)12-6-5-11(4)13-7-10(3)8-14(12)13;2*1-3-2;;;;/h4*5-9H,1-4H3;2*1-2H3;2*1H;;. The van der Waals surface area contributed by atoms with Crippen molar-refractivity contribution < 1.29 is 40.1 Å². The fourth-order valence-corrected chi connectivity index (χ4v) is 72.5. The Kier molecular flexibility index (Phi) is 18.4. The van der Waals surface area contributed by atoms with Crippen LogP contribution < -0.4 is 0 Å². The maximum absolute atomic E-state index is 2.65. The Morgan fingerprint density at radius 2 is 0.515 bits per heavy atom. The van der Waals surface area contributed by atoms with E-state index in [2.05, 4.69) is 210 Å². The molecule has 4 atom stereocenters. The second-order valence-corrected chi connectivity index (χ2v) is 71.9.